The maximum absolute atomic E-state index is 12.4. The van der Waals surface area contributed by atoms with E-state index in [0.29, 0.717) is 11.6 Å². The molecule has 0 aromatic carbocycles. The largest absolute Gasteiger partial charge is 0.481 e. The number of rotatable bonds is 8. The smallest absolute Gasteiger partial charge is 0.313 e. The molecule has 1 aliphatic rings. The predicted octanol–water partition coefficient (Wildman–Crippen LogP) is 2.19. The molecule has 0 amide bonds. The van der Waals surface area contributed by atoms with E-state index in [1.54, 1.807) is 0 Å². The van der Waals surface area contributed by atoms with Gasteiger partial charge in [0.25, 0.3) is 0 Å². The SMILES string of the molecule is O=C(O)CSCN[C@@H](CS)C(=O)C1CCCCCC1. The minimum absolute atomic E-state index is 0.0594. The maximum atomic E-state index is 12.4. The first-order valence-corrected chi connectivity index (χ1v) is 8.61. The van der Waals surface area contributed by atoms with E-state index in [9.17, 15) is 9.59 Å². The van der Waals surface area contributed by atoms with Crippen LogP contribution >= 0.6 is 24.4 Å². The molecule has 6 heteroatoms. The summed E-state index contributed by atoms with van der Waals surface area (Å²) in [4.78, 5) is 22.8. The zero-order chi connectivity index (χ0) is 14.1. The van der Waals surface area contributed by atoms with Crippen LogP contribution in [0.25, 0.3) is 0 Å². The van der Waals surface area contributed by atoms with Gasteiger partial charge in [0.2, 0.25) is 0 Å². The Morgan fingerprint density at radius 3 is 2.42 bits per heavy atom. The third-order valence-corrected chi connectivity index (χ3v) is 4.63. The van der Waals surface area contributed by atoms with Crippen molar-refractivity contribution in [3.8, 4) is 0 Å². The number of hydrogen-bond donors (Lipinski definition) is 3. The van der Waals surface area contributed by atoms with E-state index in [-0.39, 0.29) is 23.5 Å². The highest BCUT2D eigenvalue weighted by Gasteiger charge is 2.26. The van der Waals surface area contributed by atoms with E-state index >= 15 is 0 Å². The zero-order valence-electron chi connectivity index (χ0n) is 11.1. The number of Topliss-reactive ketones (excluding diaryl/α,β-unsaturated/α-hetero) is 1. The van der Waals surface area contributed by atoms with Crippen molar-refractivity contribution in [2.45, 2.75) is 44.6 Å². The summed E-state index contributed by atoms with van der Waals surface area (Å²) >= 11 is 5.51. The van der Waals surface area contributed by atoms with Gasteiger partial charge in [-0.05, 0) is 12.8 Å². The number of carbonyl (C=O) groups excluding carboxylic acids is 1. The summed E-state index contributed by atoms with van der Waals surface area (Å²) in [7, 11) is 0. The lowest BCUT2D eigenvalue weighted by Crippen LogP contribution is -2.41. The second-order valence-electron chi connectivity index (χ2n) is 4.92. The molecule has 1 aliphatic carbocycles. The second-order valence-corrected chi connectivity index (χ2v) is 6.27. The molecule has 19 heavy (non-hydrogen) atoms. The fourth-order valence-corrected chi connectivity index (χ4v) is 3.31. The van der Waals surface area contributed by atoms with Crippen molar-refractivity contribution >= 4 is 36.1 Å². The van der Waals surface area contributed by atoms with Crippen molar-refractivity contribution in [1.29, 1.82) is 0 Å². The Morgan fingerprint density at radius 1 is 1.26 bits per heavy atom. The number of carbonyl (C=O) groups is 2. The zero-order valence-corrected chi connectivity index (χ0v) is 12.8. The van der Waals surface area contributed by atoms with Gasteiger partial charge in [0, 0.05) is 17.5 Å². The molecule has 1 atom stereocenters. The number of thioether (sulfide) groups is 1. The van der Waals surface area contributed by atoms with Gasteiger partial charge >= 0.3 is 5.97 Å². The Morgan fingerprint density at radius 2 is 1.89 bits per heavy atom. The molecule has 2 N–H and O–H groups in total. The number of carboxylic acids is 1. The molecule has 0 aromatic heterocycles. The van der Waals surface area contributed by atoms with Gasteiger partial charge in [-0.2, -0.15) is 12.6 Å². The van der Waals surface area contributed by atoms with Crippen LogP contribution in [0.4, 0.5) is 0 Å². The Bertz CT molecular complexity index is 292. The monoisotopic (exact) mass is 305 g/mol. The number of hydrogen-bond acceptors (Lipinski definition) is 5. The van der Waals surface area contributed by atoms with Crippen molar-refractivity contribution in [3.05, 3.63) is 0 Å². The molecular formula is C13H23NO3S2. The van der Waals surface area contributed by atoms with Crippen LogP contribution in [0.2, 0.25) is 0 Å². The van der Waals surface area contributed by atoms with E-state index in [4.69, 9.17) is 5.11 Å². The molecule has 0 spiro atoms. The summed E-state index contributed by atoms with van der Waals surface area (Å²) in [5.74, 6) is 0.608. The molecule has 1 saturated carbocycles. The molecule has 110 valence electrons. The van der Waals surface area contributed by atoms with Crippen LogP contribution in [-0.4, -0.2) is 40.3 Å². The van der Waals surface area contributed by atoms with Gasteiger partial charge in [-0.25, -0.2) is 0 Å². The quantitative estimate of drug-likeness (QED) is 0.278. The summed E-state index contributed by atoms with van der Waals surface area (Å²) in [5, 5.41) is 11.7. The standard InChI is InChI=1S/C13H23NO3S2/c15-12(16)8-19-9-14-11(7-18)13(17)10-5-3-1-2-4-6-10/h10-11,14,18H,1-9H2,(H,15,16)/t11-/m0/s1. The van der Waals surface area contributed by atoms with E-state index < -0.39 is 5.97 Å². The third kappa shape index (κ3) is 6.68. The molecule has 0 bridgehead atoms. The highest BCUT2D eigenvalue weighted by molar-refractivity contribution is 7.99. The maximum Gasteiger partial charge on any atom is 0.313 e. The van der Waals surface area contributed by atoms with Crippen molar-refractivity contribution in [1.82, 2.24) is 5.32 Å². The summed E-state index contributed by atoms with van der Waals surface area (Å²) in [5.41, 5.74) is 0. The summed E-state index contributed by atoms with van der Waals surface area (Å²) in [6, 6.07) is -0.243. The lowest BCUT2D eigenvalue weighted by molar-refractivity contribution is -0.133. The highest BCUT2D eigenvalue weighted by Crippen LogP contribution is 2.24. The van der Waals surface area contributed by atoms with E-state index in [1.165, 1.54) is 24.6 Å². The average Bonchev–Trinajstić information content (AvgIpc) is 2.66. The fraction of sp³-hybridized carbons (Fsp3) is 0.846. The van der Waals surface area contributed by atoms with Crippen molar-refractivity contribution < 1.29 is 14.7 Å². The second kappa shape index (κ2) is 9.66. The lowest BCUT2D eigenvalue weighted by Gasteiger charge is -2.21. The Balaban J connectivity index is 2.35. The van der Waals surface area contributed by atoms with Crippen molar-refractivity contribution in [2.24, 2.45) is 5.92 Å². The first kappa shape index (κ1) is 16.9. The van der Waals surface area contributed by atoms with E-state index in [2.05, 4.69) is 17.9 Å². The Kier molecular flexibility index (Phi) is 8.57. The van der Waals surface area contributed by atoms with Crippen LogP contribution in [0.15, 0.2) is 0 Å². The van der Waals surface area contributed by atoms with Crippen molar-refractivity contribution in [3.63, 3.8) is 0 Å². The average molecular weight is 305 g/mol. The van der Waals surface area contributed by atoms with Crippen LogP contribution in [0.3, 0.4) is 0 Å². The summed E-state index contributed by atoms with van der Waals surface area (Å²) in [6.07, 6.45) is 6.74. The lowest BCUT2D eigenvalue weighted by atomic mass is 9.92. The van der Waals surface area contributed by atoms with Gasteiger partial charge in [-0.15, -0.1) is 11.8 Å². The molecule has 4 nitrogen and oxygen atoms in total. The van der Waals surface area contributed by atoms with Crippen LogP contribution in [0.5, 0.6) is 0 Å². The summed E-state index contributed by atoms with van der Waals surface area (Å²) < 4.78 is 0. The topological polar surface area (TPSA) is 66.4 Å². The van der Waals surface area contributed by atoms with Crippen LogP contribution in [0.1, 0.15) is 38.5 Å². The Labute approximate surface area is 124 Å². The van der Waals surface area contributed by atoms with Crippen LogP contribution < -0.4 is 5.32 Å². The number of thiol groups is 1. The molecule has 0 aliphatic heterocycles. The molecule has 0 aromatic rings. The van der Waals surface area contributed by atoms with Crippen molar-refractivity contribution in [2.75, 3.05) is 17.4 Å². The minimum atomic E-state index is -0.829. The van der Waals surface area contributed by atoms with Gasteiger partial charge in [-0.1, -0.05) is 25.7 Å². The van der Waals surface area contributed by atoms with Gasteiger partial charge in [0.1, 0.15) is 0 Å². The molecule has 1 rings (SSSR count). The summed E-state index contributed by atoms with van der Waals surface area (Å²) in [6.45, 7) is 0. The fourth-order valence-electron chi connectivity index (χ4n) is 2.40. The molecule has 0 unspecified atom stereocenters. The van der Waals surface area contributed by atoms with E-state index in [1.807, 2.05) is 0 Å². The molecular weight excluding hydrogens is 282 g/mol. The van der Waals surface area contributed by atoms with Gasteiger partial charge in [-0.3, -0.25) is 14.9 Å². The van der Waals surface area contributed by atoms with Crippen LogP contribution in [0, 0.1) is 5.92 Å². The number of aliphatic carboxylic acids is 1. The van der Waals surface area contributed by atoms with E-state index in [0.717, 1.165) is 25.7 Å². The molecule has 0 saturated heterocycles. The first-order valence-electron chi connectivity index (χ1n) is 6.82. The van der Waals surface area contributed by atoms with Gasteiger partial charge in [0.15, 0.2) is 5.78 Å². The van der Waals surface area contributed by atoms with Gasteiger partial charge < -0.3 is 5.11 Å². The normalized spacial score (nSPS) is 18.8. The molecule has 1 fully saturated rings. The molecule has 0 radical (unpaired) electrons. The van der Waals surface area contributed by atoms with Gasteiger partial charge in [0.05, 0.1) is 11.8 Å². The minimum Gasteiger partial charge on any atom is -0.481 e. The van der Waals surface area contributed by atoms with Crippen LogP contribution in [-0.2, 0) is 9.59 Å². The Hall–Kier alpha value is -0.200. The third-order valence-electron chi connectivity index (χ3n) is 3.44. The highest BCUT2D eigenvalue weighted by atomic mass is 32.2. The number of ketones is 1. The first-order chi connectivity index (χ1) is 9.15. The number of carboxylic acid groups (broad SMARTS) is 1. The molecule has 0 heterocycles. The predicted molar refractivity (Wildman–Crippen MR) is 81.9 cm³/mol. The number of nitrogens with one attached hydrogen (secondary N) is 1.